The molecule has 2 fully saturated rings. The zero-order chi connectivity index (χ0) is 38.5. The van der Waals surface area contributed by atoms with E-state index in [1.165, 1.54) is 38.5 Å². The highest BCUT2D eigenvalue weighted by molar-refractivity contribution is 5.78. The zero-order valence-corrected chi connectivity index (χ0v) is 33.1. The van der Waals surface area contributed by atoms with Crippen molar-refractivity contribution < 1.29 is 23.9 Å². The zero-order valence-electron chi connectivity index (χ0n) is 33.1. The van der Waals surface area contributed by atoms with Crippen molar-refractivity contribution in [3.8, 4) is 23.6 Å². The molecule has 2 unspecified atom stereocenters. The first kappa shape index (κ1) is 42.8. The van der Waals surface area contributed by atoms with E-state index in [2.05, 4.69) is 12.1 Å². The molecular formula is C47H64N2O5. The SMILES string of the molecule is CCCC(=O)Oc1ccc(CC(C#N)C2CCC(CCCCC(=O)CCCCC3CCC(C(C#N)Cc4ccc(OC(=O)CCC)cc4)CC3)CC2)cc1. The van der Waals surface area contributed by atoms with Gasteiger partial charge in [0, 0.05) is 25.7 Å². The minimum Gasteiger partial charge on any atom is -0.427 e. The van der Waals surface area contributed by atoms with Crippen molar-refractivity contribution in [3.05, 3.63) is 59.7 Å². The number of ether oxygens (including phenoxy) is 2. The van der Waals surface area contributed by atoms with Crippen molar-refractivity contribution in [2.45, 2.75) is 155 Å². The molecule has 0 aromatic heterocycles. The number of esters is 2. The average Bonchev–Trinajstić information content (AvgIpc) is 3.18. The highest BCUT2D eigenvalue weighted by Gasteiger charge is 2.29. The van der Waals surface area contributed by atoms with E-state index in [0.29, 0.717) is 66.6 Å². The van der Waals surface area contributed by atoms with Crippen LogP contribution >= 0.6 is 0 Å². The Morgan fingerprint density at radius 1 is 0.574 bits per heavy atom. The second-order valence-corrected chi connectivity index (χ2v) is 16.2. The molecule has 2 aliphatic rings. The van der Waals surface area contributed by atoms with E-state index in [1.807, 2.05) is 62.4 Å². The van der Waals surface area contributed by atoms with Gasteiger partial charge >= 0.3 is 11.9 Å². The largest absolute Gasteiger partial charge is 0.427 e. The van der Waals surface area contributed by atoms with E-state index in [0.717, 1.165) is 88.2 Å². The minimum atomic E-state index is -0.209. The van der Waals surface area contributed by atoms with Crippen LogP contribution in [0.3, 0.4) is 0 Å². The number of ketones is 1. The summed E-state index contributed by atoms with van der Waals surface area (Å²) in [5, 5.41) is 19.9. The van der Waals surface area contributed by atoms with Crippen LogP contribution in [0.15, 0.2) is 48.5 Å². The summed E-state index contributed by atoms with van der Waals surface area (Å²) in [6, 6.07) is 20.4. The van der Waals surface area contributed by atoms with E-state index < -0.39 is 0 Å². The smallest absolute Gasteiger partial charge is 0.311 e. The van der Waals surface area contributed by atoms with Gasteiger partial charge in [0.05, 0.1) is 24.0 Å². The summed E-state index contributed by atoms with van der Waals surface area (Å²) in [6.07, 6.45) is 20.9. The van der Waals surface area contributed by atoms with Crippen molar-refractivity contribution in [2.75, 3.05) is 0 Å². The number of nitriles is 2. The molecule has 7 nitrogen and oxygen atoms in total. The summed E-state index contributed by atoms with van der Waals surface area (Å²) in [7, 11) is 0. The van der Waals surface area contributed by atoms with Gasteiger partial charge in [-0.25, -0.2) is 0 Å². The topological polar surface area (TPSA) is 117 Å². The predicted octanol–water partition coefficient (Wildman–Crippen LogP) is 11.5. The highest BCUT2D eigenvalue weighted by Crippen LogP contribution is 2.38. The number of nitrogens with zero attached hydrogens (tertiary/aromatic N) is 2. The van der Waals surface area contributed by atoms with E-state index in [1.54, 1.807) is 0 Å². The van der Waals surface area contributed by atoms with E-state index in [4.69, 9.17) is 9.47 Å². The lowest BCUT2D eigenvalue weighted by Crippen LogP contribution is -2.22. The normalized spacial score (nSPS) is 20.9. The Kier molecular flexibility index (Phi) is 18.8. The average molecular weight is 737 g/mol. The van der Waals surface area contributed by atoms with Gasteiger partial charge in [0.15, 0.2) is 0 Å². The van der Waals surface area contributed by atoms with Crippen LogP contribution in [-0.2, 0) is 27.2 Å². The van der Waals surface area contributed by atoms with Crippen molar-refractivity contribution in [3.63, 3.8) is 0 Å². The fourth-order valence-electron chi connectivity index (χ4n) is 8.70. The molecule has 2 aromatic carbocycles. The first-order valence-corrected chi connectivity index (χ1v) is 21.2. The molecule has 0 N–H and O–H groups in total. The number of hydrogen-bond acceptors (Lipinski definition) is 7. The van der Waals surface area contributed by atoms with E-state index >= 15 is 0 Å². The Bertz CT molecular complexity index is 1390. The maximum Gasteiger partial charge on any atom is 0.311 e. The van der Waals surface area contributed by atoms with Crippen molar-refractivity contribution in [1.29, 1.82) is 10.5 Å². The number of carbonyl (C=O) groups is 3. The second-order valence-electron chi connectivity index (χ2n) is 16.2. The van der Waals surface area contributed by atoms with Crippen molar-refractivity contribution >= 4 is 17.7 Å². The Labute approximate surface area is 325 Å². The first-order valence-electron chi connectivity index (χ1n) is 21.2. The number of unbranched alkanes of at least 4 members (excludes halogenated alkanes) is 2. The number of rotatable bonds is 22. The highest BCUT2D eigenvalue weighted by atomic mass is 16.5. The van der Waals surface area contributed by atoms with Gasteiger partial charge < -0.3 is 9.47 Å². The van der Waals surface area contributed by atoms with Gasteiger partial charge in [0.1, 0.15) is 17.3 Å². The summed E-state index contributed by atoms with van der Waals surface area (Å²) >= 11 is 0. The summed E-state index contributed by atoms with van der Waals surface area (Å²) in [5.41, 5.74) is 2.23. The van der Waals surface area contributed by atoms with Crippen LogP contribution in [0.25, 0.3) is 0 Å². The molecule has 2 aliphatic carbocycles. The van der Waals surface area contributed by atoms with Gasteiger partial charge in [0.25, 0.3) is 0 Å². The van der Waals surface area contributed by atoms with Crippen LogP contribution < -0.4 is 9.47 Å². The third-order valence-electron chi connectivity index (χ3n) is 12.0. The molecule has 54 heavy (non-hydrogen) atoms. The van der Waals surface area contributed by atoms with Crippen LogP contribution in [0.4, 0.5) is 0 Å². The molecule has 292 valence electrons. The summed E-state index contributed by atoms with van der Waals surface area (Å²) < 4.78 is 10.7. The third-order valence-corrected chi connectivity index (χ3v) is 12.0. The quantitative estimate of drug-likeness (QED) is 0.0671. The second kappa shape index (κ2) is 23.7. The molecule has 0 saturated heterocycles. The number of benzene rings is 2. The fourth-order valence-corrected chi connectivity index (χ4v) is 8.70. The van der Waals surface area contributed by atoms with Gasteiger partial charge in [0.2, 0.25) is 0 Å². The summed E-state index contributed by atoms with van der Waals surface area (Å²) in [6.45, 7) is 3.91. The van der Waals surface area contributed by atoms with Gasteiger partial charge in [-0.15, -0.1) is 0 Å². The fraction of sp³-hybridized carbons (Fsp3) is 0.638. The van der Waals surface area contributed by atoms with Gasteiger partial charge in [-0.1, -0.05) is 89.5 Å². The standard InChI is InChI=1S/C47H64N2O5/c1-3-9-46(51)53-44-27-19-37(20-28-44)31-41(33-48)39-23-15-35(16-24-39)11-5-7-13-43(50)14-8-6-12-36-17-25-40(26-18-36)42(34-49)32-38-21-29-45(30-22-38)54-47(52)10-4-2/h19-22,27-30,35-36,39-42H,3-18,23-26,31-32H2,1-2H3. The Hall–Kier alpha value is -3.97. The lowest BCUT2D eigenvalue weighted by Gasteiger charge is -2.31. The molecule has 7 heteroatoms. The van der Waals surface area contributed by atoms with Gasteiger partial charge in [-0.3, -0.25) is 14.4 Å². The molecule has 2 atom stereocenters. The number of Topliss-reactive ketones (excluding diaryl/α,β-unsaturated/α-hetero) is 1. The molecule has 0 heterocycles. The van der Waals surface area contributed by atoms with Crippen LogP contribution in [-0.4, -0.2) is 17.7 Å². The maximum absolute atomic E-state index is 12.6. The Balaban J connectivity index is 1.02. The molecule has 0 spiro atoms. The van der Waals surface area contributed by atoms with Gasteiger partial charge in [-0.05, 0) is 123 Å². The molecule has 2 saturated carbocycles. The number of carbonyl (C=O) groups excluding carboxylic acids is 3. The third kappa shape index (κ3) is 15.0. The molecular weight excluding hydrogens is 673 g/mol. The molecule has 0 amide bonds. The summed E-state index contributed by atoms with van der Waals surface area (Å²) in [4.78, 5) is 36.1. The number of hydrogen-bond donors (Lipinski definition) is 0. The molecule has 2 aromatic rings. The minimum absolute atomic E-state index is 0.00885. The van der Waals surface area contributed by atoms with Crippen molar-refractivity contribution in [2.24, 2.45) is 35.5 Å². The Morgan fingerprint density at radius 2 is 0.944 bits per heavy atom. The van der Waals surface area contributed by atoms with Crippen LogP contribution in [0.5, 0.6) is 11.5 Å². The van der Waals surface area contributed by atoms with Crippen LogP contribution in [0.1, 0.15) is 153 Å². The van der Waals surface area contributed by atoms with E-state index in [9.17, 15) is 24.9 Å². The molecule has 4 rings (SSSR count). The van der Waals surface area contributed by atoms with Crippen LogP contribution in [0.2, 0.25) is 0 Å². The van der Waals surface area contributed by atoms with E-state index in [-0.39, 0.29) is 23.8 Å². The molecule has 0 radical (unpaired) electrons. The lowest BCUT2D eigenvalue weighted by molar-refractivity contribution is -0.135. The first-order chi connectivity index (χ1) is 26.3. The maximum atomic E-state index is 12.6. The molecule has 0 aliphatic heterocycles. The predicted molar refractivity (Wildman–Crippen MR) is 212 cm³/mol. The Morgan fingerprint density at radius 3 is 1.28 bits per heavy atom. The van der Waals surface area contributed by atoms with Crippen LogP contribution in [0, 0.1) is 58.2 Å². The van der Waals surface area contributed by atoms with Crippen molar-refractivity contribution in [1.82, 2.24) is 0 Å². The van der Waals surface area contributed by atoms with Gasteiger partial charge in [-0.2, -0.15) is 10.5 Å². The molecule has 0 bridgehead atoms. The monoisotopic (exact) mass is 736 g/mol. The summed E-state index contributed by atoms with van der Waals surface area (Å²) in [5.74, 6) is 3.42. The lowest BCUT2D eigenvalue weighted by atomic mass is 9.73.